The van der Waals surface area contributed by atoms with Crippen LogP contribution in [-0.2, 0) is 11.4 Å². The summed E-state index contributed by atoms with van der Waals surface area (Å²) in [4.78, 5) is 14.7. The second-order valence-electron chi connectivity index (χ2n) is 5.61. The van der Waals surface area contributed by atoms with Crippen LogP contribution in [0.5, 0.6) is 0 Å². The van der Waals surface area contributed by atoms with Gasteiger partial charge < -0.3 is 15.7 Å². The van der Waals surface area contributed by atoms with E-state index in [0.29, 0.717) is 0 Å². The molecule has 0 unspecified atom stereocenters. The number of nitrogens with zero attached hydrogens (tertiary/aromatic N) is 1. The number of rotatable bonds is 4. The second-order valence-corrected chi connectivity index (χ2v) is 5.61. The van der Waals surface area contributed by atoms with Gasteiger partial charge in [-0.05, 0) is 31.5 Å². The number of amides is 1. The summed E-state index contributed by atoms with van der Waals surface area (Å²) in [7, 11) is 0. The first-order chi connectivity index (χ1) is 9.54. The Hall–Kier alpha value is -1.43. The predicted octanol–water partition coefficient (Wildman–Crippen LogP) is 0.801. The molecular weight excluding hydrogens is 254 g/mol. The van der Waals surface area contributed by atoms with Crippen LogP contribution >= 0.6 is 0 Å². The molecule has 0 radical (unpaired) electrons. The number of carbonyl (C=O) groups excluding carboxylic acids is 1. The van der Waals surface area contributed by atoms with Crippen LogP contribution in [0.1, 0.15) is 19.4 Å². The fraction of sp³-hybridized carbons (Fsp3) is 0.533. The molecule has 1 saturated heterocycles. The number of aliphatic hydroxyl groups excluding tert-OH is 1. The zero-order chi connectivity index (χ0) is 14.6. The summed E-state index contributed by atoms with van der Waals surface area (Å²) < 4.78 is 0. The Bertz CT molecular complexity index is 451. The monoisotopic (exact) mass is 277 g/mol. The first-order valence-electron chi connectivity index (χ1n) is 7.01. The largest absolute Gasteiger partial charge is 0.392 e. The Morgan fingerprint density at radius 1 is 1.30 bits per heavy atom. The van der Waals surface area contributed by atoms with Crippen molar-refractivity contribution < 1.29 is 9.90 Å². The van der Waals surface area contributed by atoms with Gasteiger partial charge in [0.25, 0.3) is 0 Å². The van der Waals surface area contributed by atoms with Gasteiger partial charge in [-0.2, -0.15) is 0 Å². The van der Waals surface area contributed by atoms with Gasteiger partial charge in [0.2, 0.25) is 5.91 Å². The van der Waals surface area contributed by atoms with Gasteiger partial charge in [0, 0.05) is 31.9 Å². The van der Waals surface area contributed by atoms with E-state index >= 15 is 0 Å². The maximum atomic E-state index is 12.5. The van der Waals surface area contributed by atoms with E-state index in [1.54, 1.807) is 0 Å². The molecule has 0 saturated carbocycles. The molecule has 1 aliphatic heterocycles. The molecule has 5 nitrogen and oxygen atoms in total. The molecule has 1 aromatic carbocycles. The maximum Gasteiger partial charge on any atom is 0.244 e. The lowest BCUT2D eigenvalue weighted by atomic mass is 10.00. The molecule has 0 spiro atoms. The van der Waals surface area contributed by atoms with Crippen LogP contribution in [0.2, 0.25) is 0 Å². The van der Waals surface area contributed by atoms with Gasteiger partial charge in [-0.3, -0.25) is 9.69 Å². The molecule has 5 heteroatoms. The molecular formula is C15H23N3O2. The lowest BCUT2D eigenvalue weighted by Crippen LogP contribution is -2.58. The minimum atomic E-state index is -0.530. The number of piperazine rings is 1. The number of anilines is 1. The summed E-state index contributed by atoms with van der Waals surface area (Å²) in [5.74, 6) is -0.00357. The smallest absolute Gasteiger partial charge is 0.244 e. The molecule has 20 heavy (non-hydrogen) atoms. The van der Waals surface area contributed by atoms with Gasteiger partial charge in [0.1, 0.15) is 0 Å². The fourth-order valence-electron chi connectivity index (χ4n) is 2.34. The third-order valence-electron chi connectivity index (χ3n) is 3.86. The lowest BCUT2D eigenvalue weighted by Gasteiger charge is -2.39. The zero-order valence-corrected chi connectivity index (χ0v) is 12.1. The van der Waals surface area contributed by atoms with Crippen molar-refractivity contribution >= 4 is 11.6 Å². The maximum absolute atomic E-state index is 12.5. The topological polar surface area (TPSA) is 64.6 Å². The van der Waals surface area contributed by atoms with Gasteiger partial charge >= 0.3 is 0 Å². The molecule has 3 N–H and O–H groups in total. The number of hydrogen-bond donors (Lipinski definition) is 3. The van der Waals surface area contributed by atoms with Crippen LogP contribution in [0.15, 0.2) is 24.3 Å². The van der Waals surface area contributed by atoms with E-state index in [1.165, 1.54) is 0 Å². The summed E-state index contributed by atoms with van der Waals surface area (Å²) in [6.07, 6.45) is 0. The SMILES string of the molecule is CC(C)(C(=O)Nc1ccc(CO)cc1)N1CCNCC1. The highest BCUT2D eigenvalue weighted by Crippen LogP contribution is 2.18. The summed E-state index contributed by atoms with van der Waals surface area (Å²) >= 11 is 0. The number of nitrogens with one attached hydrogen (secondary N) is 2. The molecule has 1 aliphatic rings. The van der Waals surface area contributed by atoms with Crippen LogP contribution < -0.4 is 10.6 Å². The second kappa shape index (κ2) is 6.35. The minimum absolute atomic E-state index is 0.00357. The van der Waals surface area contributed by atoms with Crippen molar-refractivity contribution in [3.8, 4) is 0 Å². The number of carbonyl (C=O) groups is 1. The summed E-state index contributed by atoms with van der Waals surface area (Å²) in [5.41, 5.74) is 1.07. The molecule has 0 aromatic heterocycles. The van der Waals surface area contributed by atoms with Crippen molar-refractivity contribution in [1.29, 1.82) is 0 Å². The Balaban J connectivity index is 2.01. The normalized spacial score (nSPS) is 16.9. The average Bonchev–Trinajstić information content (AvgIpc) is 2.49. The highest BCUT2D eigenvalue weighted by Gasteiger charge is 2.35. The quantitative estimate of drug-likeness (QED) is 0.762. The van der Waals surface area contributed by atoms with Gasteiger partial charge in [-0.1, -0.05) is 12.1 Å². The van der Waals surface area contributed by atoms with Crippen LogP contribution in [0.4, 0.5) is 5.69 Å². The van der Waals surface area contributed by atoms with E-state index in [4.69, 9.17) is 5.11 Å². The Morgan fingerprint density at radius 2 is 1.90 bits per heavy atom. The van der Waals surface area contributed by atoms with E-state index in [-0.39, 0.29) is 12.5 Å². The highest BCUT2D eigenvalue weighted by atomic mass is 16.3. The van der Waals surface area contributed by atoms with Crippen LogP contribution in [0, 0.1) is 0 Å². The molecule has 1 amide bonds. The average molecular weight is 277 g/mol. The van der Waals surface area contributed by atoms with Crippen LogP contribution in [0.25, 0.3) is 0 Å². The van der Waals surface area contributed by atoms with Gasteiger partial charge in [0.05, 0.1) is 12.1 Å². The molecule has 110 valence electrons. The van der Waals surface area contributed by atoms with Crippen LogP contribution in [-0.4, -0.2) is 47.6 Å². The van der Waals surface area contributed by atoms with E-state index < -0.39 is 5.54 Å². The predicted molar refractivity (Wildman–Crippen MR) is 79.5 cm³/mol. The van der Waals surface area contributed by atoms with E-state index in [2.05, 4.69) is 15.5 Å². The summed E-state index contributed by atoms with van der Waals surface area (Å²) in [6.45, 7) is 7.52. The summed E-state index contributed by atoms with van der Waals surface area (Å²) in [6, 6.07) is 7.26. The number of aliphatic hydroxyl groups is 1. The Kier molecular flexibility index (Phi) is 4.75. The van der Waals surface area contributed by atoms with Crippen molar-refractivity contribution in [2.75, 3.05) is 31.5 Å². The molecule has 0 aliphatic carbocycles. The van der Waals surface area contributed by atoms with Gasteiger partial charge in [-0.15, -0.1) is 0 Å². The first-order valence-corrected chi connectivity index (χ1v) is 7.01. The van der Waals surface area contributed by atoms with Crippen molar-refractivity contribution in [2.24, 2.45) is 0 Å². The van der Waals surface area contributed by atoms with E-state index in [0.717, 1.165) is 37.4 Å². The molecule has 1 heterocycles. The molecule has 0 atom stereocenters. The Labute approximate surface area is 120 Å². The third kappa shape index (κ3) is 3.36. The highest BCUT2D eigenvalue weighted by molar-refractivity contribution is 5.97. The number of hydrogen-bond acceptors (Lipinski definition) is 4. The molecule has 0 bridgehead atoms. The summed E-state index contributed by atoms with van der Waals surface area (Å²) in [5, 5.41) is 15.2. The first kappa shape index (κ1) is 15.0. The Morgan fingerprint density at radius 3 is 2.45 bits per heavy atom. The van der Waals surface area contributed by atoms with Gasteiger partial charge in [-0.25, -0.2) is 0 Å². The third-order valence-corrected chi connectivity index (χ3v) is 3.86. The molecule has 1 aromatic rings. The molecule has 2 rings (SSSR count). The van der Waals surface area contributed by atoms with Gasteiger partial charge in [0.15, 0.2) is 0 Å². The van der Waals surface area contributed by atoms with Crippen molar-refractivity contribution in [2.45, 2.75) is 26.0 Å². The van der Waals surface area contributed by atoms with Crippen LogP contribution in [0.3, 0.4) is 0 Å². The lowest BCUT2D eigenvalue weighted by molar-refractivity contribution is -0.126. The van der Waals surface area contributed by atoms with Crippen molar-refractivity contribution in [3.63, 3.8) is 0 Å². The van der Waals surface area contributed by atoms with E-state index in [9.17, 15) is 4.79 Å². The van der Waals surface area contributed by atoms with Crippen molar-refractivity contribution in [3.05, 3.63) is 29.8 Å². The minimum Gasteiger partial charge on any atom is -0.392 e. The van der Waals surface area contributed by atoms with E-state index in [1.807, 2.05) is 38.1 Å². The van der Waals surface area contributed by atoms with Crippen molar-refractivity contribution in [1.82, 2.24) is 10.2 Å². The zero-order valence-electron chi connectivity index (χ0n) is 12.1. The molecule has 1 fully saturated rings. The fourth-order valence-corrected chi connectivity index (χ4v) is 2.34. The number of benzene rings is 1. The standard InChI is InChI=1S/C15H23N3O2/c1-15(2,18-9-7-16-8-10-18)14(20)17-13-5-3-12(11-19)4-6-13/h3-6,16,19H,7-11H2,1-2H3,(H,17,20).